The number of sulfonamides is 1. The van der Waals surface area contributed by atoms with Crippen LogP contribution >= 0.6 is 0 Å². The summed E-state index contributed by atoms with van der Waals surface area (Å²) in [4.78, 5) is 12.6. The number of amides is 1. The van der Waals surface area contributed by atoms with Crippen molar-refractivity contribution in [3.63, 3.8) is 0 Å². The maximum atomic E-state index is 13.3. The van der Waals surface area contributed by atoms with Crippen LogP contribution in [0.25, 0.3) is 0 Å². The molecule has 0 aromatic heterocycles. The SMILES string of the molecule is CCN(CC)S(=O)(=O)c1ccc(OC(C)C)c(NC(=O)c2ccccc2C(F)(F)F)c1. The first kappa shape index (κ1) is 24.7. The molecule has 0 saturated heterocycles. The average Bonchev–Trinajstić information content (AvgIpc) is 2.68. The van der Waals surface area contributed by atoms with Crippen molar-refractivity contribution >= 4 is 21.6 Å². The minimum Gasteiger partial charge on any atom is -0.489 e. The first-order valence-electron chi connectivity index (χ1n) is 9.70. The molecule has 10 heteroatoms. The number of nitrogens with one attached hydrogen (secondary N) is 1. The van der Waals surface area contributed by atoms with Gasteiger partial charge in [-0.05, 0) is 44.2 Å². The summed E-state index contributed by atoms with van der Waals surface area (Å²) in [5.74, 6) is -0.884. The van der Waals surface area contributed by atoms with Crippen LogP contribution in [0.1, 0.15) is 43.6 Å². The van der Waals surface area contributed by atoms with Crippen LogP contribution in [0.4, 0.5) is 18.9 Å². The Morgan fingerprint density at radius 1 is 1.10 bits per heavy atom. The molecule has 1 N–H and O–H groups in total. The second-order valence-electron chi connectivity index (χ2n) is 6.91. The van der Waals surface area contributed by atoms with E-state index in [4.69, 9.17) is 4.74 Å². The number of alkyl halides is 3. The maximum Gasteiger partial charge on any atom is 0.417 e. The number of benzene rings is 2. The monoisotopic (exact) mass is 458 g/mol. The highest BCUT2D eigenvalue weighted by Gasteiger charge is 2.35. The molecule has 0 spiro atoms. The number of anilines is 1. The van der Waals surface area contributed by atoms with E-state index in [9.17, 15) is 26.4 Å². The summed E-state index contributed by atoms with van der Waals surface area (Å²) in [7, 11) is -3.85. The Kier molecular flexibility index (Phi) is 7.72. The molecule has 31 heavy (non-hydrogen) atoms. The van der Waals surface area contributed by atoms with Gasteiger partial charge in [-0.15, -0.1) is 0 Å². The molecule has 0 radical (unpaired) electrons. The van der Waals surface area contributed by atoms with E-state index in [0.717, 1.165) is 12.1 Å². The first-order chi connectivity index (χ1) is 14.4. The predicted molar refractivity (Wildman–Crippen MR) is 112 cm³/mol. The van der Waals surface area contributed by atoms with Gasteiger partial charge in [0.05, 0.1) is 27.8 Å². The molecule has 0 bridgehead atoms. The highest BCUT2D eigenvalue weighted by Crippen LogP contribution is 2.34. The van der Waals surface area contributed by atoms with Gasteiger partial charge < -0.3 is 10.1 Å². The lowest BCUT2D eigenvalue weighted by Gasteiger charge is -2.21. The van der Waals surface area contributed by atoms with E-state index < -0.39 is 33.2 Å². The van der Waals surface area contributed by atoms with Gasteiger partial charge in [-0.3, -0.25) is 4.79 Å². The third kappa shape index (κ3) is 5.76. The quantitative estimate of drug-likeness (QED) is 0.618. The number of carbonyl (C=O) groups excluding carboxylic acids is 1. The Hall–Kier alpha value is -2.59. The van der Waals surface area contributed by atoms with E-state index in [2.05, 4.69) is 5.32 Å². The molecule has 0 heterocycles. The number of halogens is 3. The molecule has 0 saturated carbocycles. The Balaban J connectivity index is 2.53. The largest absolute Gasteiger partial charge is 0.489 e. The van der Waals surface area contributed by atoms with E-state index in [1.165, 1.54) is 34.6 Å². The van der Waals surface area contributed by atoms with E-state index in [0.29, 0.717) is 0 Å². The second-order valence-corrected chi connectivity index (χ2v) is 8.85. The molecule has 0 aliphatic heterocycles. The minimum absolute atomic E-state index is 0.0380. The van der Waals surface area contributed by atoms with Crippen LogP contribution < -0.4 is 10.1 Å². The van der Waals surface area contributed by atoms with E-state index in [1.807, 2.05) is 0 Å². The van der Waals surface area contributed by atoms with E-state index >= 15 is 0 Å². The van der Waals surface area contributed by atoms with Crippen molar-refractivity contribution in [1.29, 1.82) is 0 Å². The van der Waals surface area contributed by atoms with Crippen molar-refractivity contribution in [3.8, 4) is 5.75 Å². The van der Waals surface area contributed by atoms with Gasteiger partial charge in [0.25, 0.3) is 5.91 Å². The fourth-order valence-electron chi connectivity index (χ4n) is 2.95. The Morgan fingerprint density at radius 3 is 2.26 bits per heavy atom. The molecule has 0 aliphatic rings. The van der Waals surface area contributed by atoms with Gasteiger partial charge in [0.2, 0.25) is 10.0 Å². The maximum absolute atomic E-state index is 13.3. The van der Waals surface area contributed by atoms with Crippen molar-refractivity contribution in [2.75, 3.05) is 18.4 Å². The van der Waals surface area contributed by atoms with Crippen LogP contribution in [-0.2, 0) is 16.2 Å². The van der Waals surface area contributed by atoms with Gasteiger partial charge >= 0.3 is 6.18 Å². The Morgan fingerprint density at radius 2 is 1.71 bits per heavy atom. The number of hydrogen-bond acceptors (Lipinski definition) is 4. The lowest BCUT2D eigenvalue weighted by molar-refractivity contribution is -0.137. The lowest BCUT2D eigenvalue weighted by atomic mass is 10.1. The topological polar surface area (TPSA) is 75.7 Å². The highest BCUT2D eigenvalue weighted by atomic mass is 32.2. The summed E-state index contributed by atoms with van der Waals surface area (Å²) in [5, 5.41) is 2.39. The standard InChI is InChI=1S/C21H25F3N2O4S/c1-5-26(6-2)31(28,29)15-11-12-19(30-14(3)4)18(13-15)25-20(27)16-9-7-8-10-17(16)21(22,23)24/h7-14H,5-6H2,1-4H3,(H,25,27). The van der Waals surface area contributed by atoms with Crippen LogP contribution in [0.3, 0.4) is 0 Å². The zero-order valence-corrected chi connectivity index (χ0v) is 18.5. The van der Waals surface area contributed by atoms with Crippen molar-refractivity contribution in [1.82, 2.24) is 4.31 Å². The normalized spacial score (nSPS) is 12.3. The fraction of sp³-hybridized carbons (Fsp3) is 0.381. The molecule has 170 valence electrons. The Bertz CT molecular complexity index is 1030. The number of ether oxygens (including phenoxy) is 1. The average molecular weight is 459 g/mol. The molecular weight excluding hydrogens is 433 g/mol. The highest BCUT2D eigenvalue weighted by molar-refractivity contribution is 7.89. The molecule has 2 rings (SSSR count). The zero-order valence-electron chi connectivity index (χ0n) is 17.7. The number of hydrogen-bond donors (Lipinski definition) is 1. The molecule has 2 aromatic rings. The molecule has 1 amide bonds. The molecule has 0 unspecified atom stereocenters. The molecule has 0 atom stereocenters. The minimum atomic E-state index is -4.72. The van der Waals surface area contributed by atoms with Gasteiger partial charge in [0.1, 0.15) is 5.75 Å². The van der Waals surface area contributed by atoms with Gasteiger partial charge in [0.15, 0.2) is 0 Å². The molecule has 0 fully saturated rings. The fourth-order valence-corrected chi connectivity index (χ4v) is 4.44. The van der Waals surface area contributed by atoms with Crippen molar-refractivity contribution in [3.05, 3.63) is 53.6 Å². The van der Waals surface area contributed by atoms with Crippen molar-refractivity contribution in [2.24, 2.45) is 0 Å². The van der Waals surface area contributed by atoms with Gasteiger partial charge in [0, 0.05) is 13.1 Å². The van der Waals surface area contributed by atoms with Crippen molar-refractivity contribution < 1.29 is 31.1 Å². The summed E-state index contributed by atoms with van der Waals surface area (Å²) >= 11 is 0. The number of nitrogens with zero attached hydrogens (tertiary/aromatic N) is 1. The number of carbonyl (C=O) groups is 1. The summed E-state index contributed by atoms with van der Waals surface area (Å²) < 4.78 is 72.4. The van der Waals surface area contributed by atoms with Crippen LogP contribution in [0.2, 0.25) is 0 Å². The lowest BCUT2D eigenvalue weighted by Crippen LogP contribution is -2.30. The zero-order chi connectivity index (χ0) is 23.4. The summed E-state index contributed by atoms with van der Waals surface area (Å²) in [6, 6.07) is 8.27. The molecule has 2 aromatic carbocycles. The van der Waals surface area contributed by atoms with Crippen LogP contribution in [0, 0.1) is 0 Å². The summed E-state index contributed by atoms with van der Waals surface area (Å²) in [6.45, 7) is 7.31. The summed E-state index contributed by atoms with van der Waals surface area (Å²) in [6.07, 6.45) is -5.04. The first-order valence-corrected chi connectivity index (χ1v) is 11.1. The molecular formula is C21H25F3N2O4S. The predicted octanol–water partition coefficient (Wildman–Crippen LogP) is 4.78. The van der Waals surface area contributed by atoms with Gasteiger partial charge in [-0.1, -0.05) is 26.0 Å². The third-order valence-corrected chi connectivity index (χ3v) is 6.43. The third-order valence-electron chi connectivity index (χ3n) is 4.38. The van der Waals surface area contributed by atoms with Crippen LogP contribution in [0.15, 0.2) is 47.4 Å². The van der Waals surface area contributed by atoms with Crippen LogP contribution in [-0.4, -0.2) is 37.8 Å². The van der Waals surface area contributed by atoms with E-state index in [1.54, 1.807) is 27.7 Å². The van der Waals surface area contributed by atoms with Crippen LogP contribution in [0.5, 0.6) is 5.75 Å². The van der Waals surface area contributed by atoms with Gasteiger partial charge in [-0.25, -0.2) is 8.42 Å². The Labute approximate surface area is 180 Å². The van der Waals surface area contributed by atoms with E-state index in [-0.39, 0.29) is 35.5 Å². The summed E-state index contributed by atoms with van der Waals surface area (Å²) in [5.41, 5.74) is -1.71. The molecule has 0 aliphatic carbocycles. The molecule has 6 nitrogen and oxygen atoms in total. The number of rotatable bonds is 8. The van der Waals surface area contributed by atoms with Gasteiger partial charge in [-0.2, -0.15) is 17.5 Å². The smallest absolute Gasteiger partial charge is 0.417 e. The second kappa shape index (κ2) is 9.69. The van der Waals surface area contributed by atoms with Crippen molar-refractivity contribution in [2.45, 2.75) is 44.9 Å².